The van der Waals surface area contributed by atoms with E-state index >= 15 is 0 Å². The van der Waals surface area contributed by atoms with Crippen molar-refractivity contribution in [3.05, 3.63) is 65.2 Å². The number of methoxy groups -OCH3 is 2. The second-order valence-electron chi connectivity index (χ2n) is 6.22. The van der Waals surface area contributed by atoms with Gasteiger partial charge in [-0.15, -0.1) is 11.8 Å². The van der Waals surface area contributed by atoms with Gasteiger partial charge in [-0.3, -0.25) is 0 Å². The zero-order valence-corrected chi connectivity index (χ0v) is 18.8. The molecule has 0 saturated heterocycles. The molecule has 9 heteroatoms. The highest BCUT2D eigenvalue weighted by Crippen LogP contribution is 2.43. The Balaban J connectivity index is 2.15. The van der Waals surface area contributed by atoms with Gasteiger partial charge in [0.1, 0.15) is 33.6 Å². The predicted molar refractivity (Wildman–Crippen MR) is 121 cm³/mol. The van der Waals surface area contributed by atoms with E-state index < -0.39 is 0 Å². The Labute approximate surface area is 188 Å². The molecule has 2 aromatic carbocycles. The summed E-state index contributed by atoms with van der Waals surface area (Å²) < 4.78 is 14.8. The fourth-order valence-corrected chi connectivity index (χ4v) is 4.36. The van der Waals surface area contributed by atoms with Crippen molar-refractivity contribution in [2.24, 2.45) is 0 Å². The molecule has 0 aliphatic rings. The van der Waals surface area contributed by atoms with Crippen molar-refractivity contribution in [1.82, 2.24) is 19.3 Å². The van der Waals surface area contributed by atoms with Gasteiger partial charge in [-0.05, 0) is 36.6 Å². The van der Waals surface area contributed by atoms with E-state index in [1.54, 1.807) is 49.6 Å². The van der Waals surface area contributed by atoms with Crippen LogP contribution < -0.4 is 9.47 Å². The van der Waals surface area contributed by atoms with Gasteiger partial charge in [0.05, 0.1) is 30.6 Å². The Kier molecular flexibility index (Phi) is 5.94. The van der Waals surface area contributed by atoms with Gasteiger partial charge in [0.25, 0.3) is 0 Å². The second kappa shape index (κ2) is 8.63. The van der Waals surface area contributed by atoms with E-state index in [2.05, 4.69) is 4.98 Å². The average Bonchev–Trinajstić information content (AvgIpc) is 3.40. The van der Waals surface area contributed by atoms with Crippen molar-refractivity contribution in [2.45, 2.75) is 5.03 Å². The first kappa shape index (κ1) is 20.7. The number of ether oxygens (including phenoxy) is 2. The van der Waals surface area contributed by atoms with Crippen molar-refractivity contribution in [3.63, 3.8) is 0 Å². The zero-order chi connectivity index (χ0) is 21.3. The summed E-state index contributed by atoms with van der Waals surface area (Å²) in [5.74, 6) is 1.35. The third-order valence-electron chi connectivity index (χ3n) is 4.60. The van der Waals surface area contributed by atoms with Gasteiger partial charge in [-0.1, -0.05) is 29.3 Å². The van der Waals surface area contributed by atoms with Crippen LogP contribution in [0.5, 0.6) is 11.5 Å². The summed E-state index contributed by atoms with van der Waals surface area (Å²) in [7, 11) is 3.25. The maximum Gasteiger partial charge on any atom is 0.143 e. The Morgan fingerprint density at radius 1 is 1.00 bits per heavy atom. The fourth-order valence-electron chi connectivity index (χ4n) is 3.25. The molecule has 2 aromatic heterocycles. The molecule has 0 fully saturated rings. The van der Waals surface area contributed by atoms with E-state index in [-0.39, 0.29) is 0 Å². The third-order valence-corrected chi connectivity index (χ3v) is 5.87. The molecular formula is C21H18Cl2N4O2S. The van der Waals surface area contributed by atoms with E-state index in [0.717, 1.165) is 22.0 Å². The van der Waals surface area contributed by atoms with E-state index in [4.69, 9.17) is 37.8 Å². The number of halogens is 2. The summed E-state index contributed by atoms with van der Waals surface area (Å²) in [4.78, 5) is 4.21. The summed E-state index contributed by atoms with van der Waals surface area (Å²) >= 11 is 14.6. The number of hydrogen-bond donors (Lipinski definition) is 0. The van der Waals surface area contributed by atoms with Crippen LogP contribution in [-0.4, -0.2) is 39.8 Å². The van der Waals surface area contributed by atoms with E-state index in [1.165, 1.54) is 11.8 Å². The van der Waals surface area contributed by atoms with Gasteiger partial charge in [0.2, 0.25) is 0 Å². The Hall–Kier alpha value is -2.61. The molecule has 6 nitrogen and oxygen atoms in total. The molecule has 2 heterocycles. The standard InChI is InChI=1S/C21H18Cl2N4O2S/c1-28-13-7-8-17(29-2)14(11-13)18-20(26-10-9-24-12-26)21(30-3)25-27(18)19-15(22)5-4-6-16(19)23/h4-12H,1-3H3. The first-order valence-electron chi connectivity index (χ1n) is 8.91. The largest absolute Gasteiger partial charge is 0.497 e. The highest BCUT2D eigenvalue weighted by atomic mass is 35.5. The molecule has 0 radical (unpaired) electrons. The van der Waals surface area contributed by atoms with Crippen LogP contribution in [0.2, 0.25) is 10.0 Å². The number of para-hydroxylation sites is 1. The van der Waals surface area contributed by atoms with E-state index in [0.29, 0.717) is 27.2 Å². The van der Waals surface area contributed by atoms with Crippen LogP contribution in [0.1, 0.15) is 0 Å². The summed E-state index contributed by atoms with van der Waals surface area (Å²) in [6.07, 6.45) is 7.28. The molecule has 0 bridgehead atoms. The molecule has 4 aromatic rings. The van der Waals surface area contributed by atoms with Crippen molar-refractivity contribution >= 4 is 35.0 Å². The number of thioether (sulfide) groups is 1. The fraction of sp³-hybridized carbons (Fsp3) is 0.143. The summed E-state index contributed by atoms with van der Waals surface area (Å²) in [5, 5.41) is 6.60. The number of benzene rings is 2. The van der Waals surface area contributed by atoms with Crippen LogP contribution in [0, 0.1) is 0 Å². The molecule has 0 atom stereocenters. The topological polar surface area (TPSA) is 54.1 Å². The van der Waals surface area contributed by atoms with Crippen LogP contribution in [0.25, 0.3) is 22.6 Å². The maximum absolute atomic E-state index is 6.56. The first-order valence-corrected chi connectivity index (χ1v) is 10.9. The molecule has 0 saturated carbocycles. The van der Waals surface area contributed by atoms with Crippen molar-refractivity contribution in [1.29, 1.82) is 0 Å². The Morgan fingerprint density at radius 3 is 2.37 bits per heavy atom. The first-order chi connectivity index (χ1) is 14.6. The van der Waals surface area contributed by atoms with Gasteiger partial charge in [0, 0.05) is 18.0 Å². The minimum absolute atomic E-state index is 0.484. The molecule has 0 amide bonds. The van der Waals surface area contributed by atoms with Crippen LogP contribution >= 0.6 is 35.0 Å². The lowest BCUT2D eigenvalue weighted by atomic mass is 10.1. The smallest absolute Gasteiger partial charge is 0.143 e. The molecule has 0 N–H and O–H groups in total. The lowest BCUT2D eigenvalue weighted by Gasteiger charge is -2.16. The lowest BCUT2D eigenvalue weighted by Crippen LogP contribution is -2.04. The molecule has 0 aliphatic carbocycles. The molecule has 0 spiro atoms. The van der Waals surface area contributed by atoms with Gasteiger partial charge >= 0.3 is 0 Å². The number of aromatic nitrogens is 4. The lowest BCUT2D eigenvalue weighted by molar-refractivity contribution is 0.404. The minimum atomic E-state index is 0.484. The van der Waals surface area contributed by atoms with Crippen LogP contribution in [-0.2, 0) is 0 Å². The molecule has 4 rings (SSSR count). The van der Waals surface area contributed by atoms with Crippen LogP contribution in [0.3, 0.4) is 0 Å². The SMILES string of the molecule is COc1ccc(OC)c(-c2c(-n3ccnc3)c(SC)nn2-c2c(Cl)cccc2Cl)c1. The number of rotatable bonds is 6. The normalized spacial score (nSPS) is 11.0. The summed E-state index contributed by atoms with van der Waals surface area (Å²) in [5.41, 5.74) is 2.96. The Bertz CT molecular complexity index is 1170. The Morgan fingerprint density at radius 2 is 1.77 bits per heavy atom. The zero-order valence-electron chi connectivity index (χ0n) is 16.5. The predicted octanol–water partition coefficient (Wildman–Crippen LogP) is 5.77. The van der Waals surface area contributed by atoms with Gasteiger partial charge in [-0.2, -0.15) is 5.10 Å². The van der Waals surface area contributed by atoms with Crippen LogP contribution in [0.15, 0.2) is 60.1 Å². The molecule has 30 heavy (non-hydrogen) atoms. The molecule has 0 aliphatic heterocycles. The molecular weight excluding hydrogens is 443 g/mol. The van der Waals surface area contributed by atoms with E-state index in [1.807, 2.05) is 35.2 Å². The minimum Gasteiger partial charge on any atom is -0.497 e. The van der Waals surface area contributed by atoms with Crippen molar-refractivity contribution in [2.75, 3.05) is 20.5 Å². The van der Waals surface area contributed by atoms with Crippen molar-refractivity contribution < 1.29 is 9.47 Å². The second-order valence-corrected chi connectivity index (χ2v) is 7.83. The average molecular weight is 461 g/mol. The summed E-state index contributed by atoms with van der Waals surface area (Å²) in [6, 6.07) is 11.0. The number of imidazole rings is 1. The number of hydrogen-bond acceptors (Lipinski definition) is 5. The third kappa shape index (κ3) is 3.53. The number of nitrogens with zero attached hydrogens (tertiary/aromatic N) is 4. The molecule has 0 unspecified atom stereocenters. The summed E-state index contributed by atoms with van der Waals surface area (Å²) in [6.45, 7) is 0. The maximum atomic E-state index is 6.56. The van der Waals surface area contributed by atoms with Gasteiger partial charge in [0.15, 0.2) is 0 Å². The monoisotopic (exact) mass is 460 g/mol. The van der Waals surface area contributed by atoms with Crippen molar-refractivity contribution in [3.8, 4) is 34.1 Å². The van der Waals surface area contributed by atoms with Gasteiger partial charge < -0.3 is 14.0 Å². The molecule has 154 valence electrons. The van der Waals surface area contributed by atoms with E-state index in [9.17, 15) is 0 Å². The van der Waals surface area contributed by atoms with Gasteiger partial charge in [-0.25, -0.2) is 9.67 Å². The quantitative estimate of drug-likeness (QED) is 0.341. The van der Waals surface area contributed by atoms with Crippen LogP contribution in [0.4, 0.5) is 0 Å². The highest BCUT2D eigenvalue weighted by molar-refractivity contribution is 7.98. The highest BCUT2D eigenvalue weighted by Gasteiger charge is 2.26.